The standard InChI is InChI=1S/C14H13FN2O3/c1-3-12-16-11(7-13(18)17-12)8-4-9(14(19)20-2)6-10(15)5-8/h4-7H,3H2,1-2H3,(H,16,17,18). The molecule has 1 aromatic heterocycles. The molecular formula is C14H13FN2O3. The minimum absolute atomic E-state index is 0.0719. The lowest BCUT2D eigenvalue weighted by molar-refractivity contribution is 0.0600. The van der Waals surface area contributed by atoms with Crippen molar-refractivity contribution in [3.63, 3.8) is 0 Å². The average Bonchev–Trinajstić information content (AvgIpc) is 2.45. The van der Waals surface area contributed by atoms with Crippen LogP contribution in [0.5, 0.6) is 0 Å². The molecule has 2 rings (SSSR count). The van der Waals surface area contributed by atoms with Crippen LogP contribution in [0.15, 0.2) is 29.1 Å². The van der Waals surface area contributed by atoms with Crippen molar-refractivity contribution in [2.45, 2.75) is 13.3 Å². The van der Waals surface area contributed by atoms with Crippen molar-refractivity contribution in [2.75, 3.05) is 7.11 Å². The van der Waals surface area contributed by atoms with E-state index >= 15 is 0 Å². The largest absolute Gasteiger partial charge is 0.465 e. The number of aromatic amines is 1. The summed E-state index contributed by atoms with van der Waals surface area (Å²) in [7, 11) is 1.22. The summed E-state index contributed by atoms with van der Waals surface area (Å²) in [6.07, 6.45) is 0.544. The van der Waals surface area contributed by atoms with Crippen LogP contribution in [0.1, 0.15) is 23.1 Å². The van der Waals surface area contributed by atoms with E-state index in [-0.39, 0.29) is 11.1 Å². The van der Waals surface area contributed by atoms with E-state index in [1.54, 1.807) is 0 Å². The number of carbonyl (C=O) groups is 1. The van der Waals surface area contributed by atoms with Crippen LogP contribution in [0.4, 0.5) is 4.39 Å². The lowest BCUT2D eigenvalue weighted by atomic mass is 10.1. The number of esters is 1. The van der Waals surface area contributed by atoms with E-state index in [1.807, 2.05) is 6.92 Å². The van der Waals surface area contributed by atoms with Gasteiger partial charge in [-0.2, -0.15) is 0 Å². The van der Waals surface area contributed by atoms with E-state index in [9.17, 15) is 14.0 Å². The second-order valence-electron chi connectivity index (χ2n) is 4.15. The van der Waals surface area contributed by atoms with Gasteiger partial charge in [0.2, 0.25) is 0 Å². The van der Waals surface area contributed by atoms with E-state index in [1.165, 1.54) is 25.3 Å². The Morgan fingerprint density at radius 1 is 1.35 bits per heavy atom. The number of aryl methyl sites for hydroxylation is 1. The third-order valence-corrected chi connectivity index (χ3v) is 2.74. The van der Waals surface area contributed by atoms with Crippen molar-refractivity contribution >= 4 is 5.97 Å². The predicted octanol–water partition coefficient (Wildman–Crippen LogP) is 1.92. The van der Waals surface area contributed by atoms with Gasteiger partial charge in [-0.25, -0.2) is 14.2 Å². The van der Waals surface area contributed by atoms with Crippen LogP contribution in [-0.4, -0.2) is 23.0 Å². The number of carbonyl (C=O) groups excluding carboxylic acids is 1. The summed E-state index contributed by atoms with van der Waals surface area (Å²) >= 11 is 0. The van der Waals surface area contributed by atoms with Gasteiger partial charge in [-0.1, -0.05) is 6.92 Å². The number of rotatable bonds is 3. The number of nitrogens with zero attached hydrogens (tertiary/aromatic N) is 1. The van der Waals surface area contributed by atoms with Crippen molar-refractivity contribution in [1.82, 2.24) is 9.97 Å². The number of aromatic nitrogens is 2. The molecule has 0 aliphatic heterocycles. The van der Waals surface area contributed by atoms with Crippen LogP contribution >= 0.6 is 0 Å². The van der Waals surface area contributed by atoms with Gasteiger partial charge < -0.3 is 9.72 Å². The smallest absolute Gasteiger partial charge is 0.337 e. The highest BCUT2D eigenvalue weighted by Crippen LogP contribution is 2.20. The number of hydrogen-bond donors (Lipinski definition) is 1. The molecule has 0 aliphatic carbocycles. The topological polar surface area (TPSA) is 72.0 Å². The van der Waals surface area contributed by atoms with E-state index < -0.39 is 11.8 Å². The maximum Gasteiger partial charge on any atom is 0.337 e. The van der Waals surface area contributed by atoms with Gasteiger partial charge in [0.25, 0.3) is 5.56 Å². The SMILES string of the molecule is CCc1nc(-c2cc(F)cc(C(=O)OC)c2)cc(=O)[nH]1. The molecular weight excluding hydrogens is 263 g/mol. The maximum absolute atomic E-state index is 13.6. The van der Waals surface area contributed by atoms with Gasteiger partial charge in [0.05, 0.1) is 18.4 Å². The molecule has 0 spiro atoms. The van der Waals surface area contributed by atoms with Crippen molar-refractivity contribution in [3.8, 4) is 11.3 Å². The van der Waals surface area contributed by atoms with Crippen molar-refractivity contribution in [1.29, 1.82) is 0 Å². The van der Waals surface area contributed by atoms with E-state index in [4.69, 9.17) is 0 Å². The highest BCUT2D eigenvalue weighted by atomic mass is 19.1. The monoisotopic (exact) mass is 276 g/mol. The number of ether oxygens (including phenoxy) is 1. The van der Waals surface area contributed by atoms with Gasteiger partial charge in [-0.3, -0.25) is 4.79 Å². The molecule has 20 heavy (non-hydrogen) atoms. The number of benzene rings is 1. The van der Waals surface area contributed by atoms with Crippen molar-refractivity contribution < 1.29 is 13.9 Å². The first-order valence-corrected chi connectivity index (χ1v) is 6.03. The van der Waals surface area contributed by atoms with E-state index in [0.717, 1.165) is 6.07 Å². The van der Waals surface area contributed by atoms with Gasteiger partial charge in [0, 0.05) is 18.1 Å². The van der Waals surface area contributed by atoms with E-state index in [2.05, 4.69) is 14.7 Å². The Morgan fingerprint density at radius 2 is 2.10 bits per heavy atom. The first kappa shape index (κ1) is 13.9. The first-order valence-electron chi connectivity index (χ1n) is 6.03. The Balaban J connectivity index is 2.57. The Kier molecular flexibility index (Phi) is 3.93. The Labute approximate surface area is 114 Å². The van der Waals surface area contributed by atoms with E-state index in [0.29, 0.717) is 23.5 Å². The van der Waals surface area contributed by atoms with Crippen molar-refractivity contribution in [3.05, 3.63) is 51.8 Å². The zero-order valence-corrected chi connectivity index (χ0v) is 11.1. The maximum atomic E-state index is 13.6. The summed E-state index contributed by atoms with van der Waals surface area (Å²) in [6, 6.07) is 4.99. The summed E-state index contributed by atoms with van der Waals surface area (Å²) in [4.78, 5) is 29.8. The highest BCUT2D eigenvalue weighted by molar-refractivity contribution is 5.90. The normalized spacial score (nSPS) is 10.3. The molecule has 2 aromatic rings. The molecule has 1 heterocycles. The Morgan fingerprint density at radius 3 is 2.75 bits per heavy atom. The molecule has 0 atom stereocenters. The zero-order chi connectivity index (χ0) is 14.7. The second kappa shape index (κ2) is 5.64. The summed E-state index contributed by atoms with van der Waals surface area (Å²) in [5.41, 5.74) is 0.416. The molecule has 1 aromatic carbocycles. The summed E-state index contributed by atoms with van der Waals surface area (Å²) < 4.78 is 18.1. The molecule has 0 bridgehead atoms. The second-order valence-corrected chi connectivity index (χ2v) is 4.15. The average molecular weight is 276 g/mol. The Hall–Kier alpha value is -2.50. The number of methoxy groups -OCH3 is 1. The van der Waals surface area contributed by atoms with Crippen LogP contribution < -0.4 is 5.56 Å². The van der Waals surface area contributed by atoms with Gasteiger partial charge in [-0.15, -0.1) is 0 Å². The molecule has 104 valence electrons. The molecule has 0 amide bonds. The lowest BCUT2D eigenvalue weighted by Crippen LogP contribution is -2.11. The number of hydrogen-bond acceptors (Lipinski definition) is 4. The third-order valence-electron chi connectivity index (χ3n) is 2.74. The van der Waals surface area contributed by atoms with Crippen LogP contribution in [0.3, 0.4) is 0 Å². The quantitative estimate of drug-likeness (QED) is 0.869. The number of nitrogens with one attached hydrogen (secondary N) is 1. The third kappa shape index (κ3) is 2.90. The van der Waals surface area contributed by atoms with Crippen LogP contribution in [0.25, 0.3) is 11.3 Å². The molecule has 6 heteroatoms. The summed E-state index contributed by atoms with van der Waals surface area (Å²) in [5.74, 6) is -0.745. The molecule has 0 radical (unpaired) electrons. The fourth-order valence-electron chi connectivity index (χ4n) is 1.80. The molecule has 0 unspecified atom stereocenters. The van der Waals surface area contributed by atoms with Gasteiger partial charge in [0.1, 0.15) is 11.6 Å². The minimum atomic E-state index is -0.647. The molecule has 0 saturated carbocycles. The fourth-order valence-corrected chi connectivity index (χ4v) is 1.80. The van der Waals surface area contributed by atoms with Crippen LogP contribution in [-0.2, 0) is 11.2 Å². The summed E-state index contributed by atoms with van der Waals surface area (Å²) in [6.45, 7) is 1.84. The van der Waals surface area contributed by atoms with Crippen LogP contribution in [0.2, 0.25) is 0 Å². The summed E-state index contributed by atoms with van der Waals surface area (Å²) in [5, 5.41) is 0. The minimum Gasteiger partial charge on any atom is -0.465 e. The first-order chi connectivity index (χ1) is 9.53. The molecule has 0 aliphatic rings. The number of halogens is 1. The lowest BCUT2D eigenvalue weighted by Gasteiger charge is -2.06. The fraction of sp³-hybridized carbons (Fsp3) is 0.214. The molecule has 0 fully saturated rings. The molecule has 0 saturated heterocycles. The number of H-pyrrole nitrogens is 1. The van der Waals surface area contributed by atoms with Crippen molar-refractivity contribution in [2.24, 2.45) is 0 Å². The molecule has 1 N–H and O–H groups in total. The zero-order valence-electron chi connectivity index (χ0n) is 11.1. The highest BCUT2D eigenvalue weighted by Gasteiger charge is 2.11. The molecule has 5 nitrogen and oxygen atoms in total. The van der Waals surface area contributed by atoms with Gasteiger partial charge in [0.15, 0.2) is 0 Å². The van der Waals surface area contributed by atoms with Gasteiger partial charge >= 0.3 is 5.97 Å². The van der Waals surface area contributed by atoms with Gasteiger partial charge in [-0.05, 0) is 18.2 Å². The Bertz CT molecular complexity index is 710. The van der Waals surface area contributed by atoms with Crippen LogP contribution in [0, 0.1) is 5.82 Å². The predicted molar refractivity (Wildman–Crippen MR) is 71.0 cm³/mol.